The fraction of sp³-hybridized carbons (Fsp3) is 0.733. The van der Waals surface area contributed by atoms with Crippen LogP contribution < -0.4 is 0 Å². The van der Waals surface area contributed by atoms with Crippen molar-refractivity contribution in [2.24, 2.45) is 5.92 Å². The molecule has 1 aliphatic rings. The van der Waals surface area contributed by atoms with Gasteiger partial charge in [0.15, 0.2) is 0 Å². The Hall–Kier alpha value is -0.940. The van der Waals surface area contributed by atoms with E-state index in [2.05, 4.69) is 13.8 Å². The molecule has 0 aliphatic heterocycles. The number of nitrogens with zero attached hydrogens (tertiary/aromatic N) is 1. The number of esters is 1. The molecule has 2 atom stereocenters. The molecule has 20 heavy (non-hydrogen) atoms. The van der Waals surface area contributed by atoms with E-state index in [1.165, 1.54) is 4.88 Å². The van der Waals surface area contributed by atoms with Crippen molar-refractivity contribution >= 4 is 17.3 Å². The van der Waals surface area contributed by atoms with Gasteiger partial charge in [0.2, 0.25) is 0 Å². The molecule has 0 spiro atoms. The van der Waals surface area contributed by atoms with Crippen LogP contribution in [0.3, 0.4) is 0 Å². The highest BCUT2D eigenvalue weighted by Gasteiger charge is 2.35. The second-order valence-electron chi connectivity index (χ2n) is 5.32. The first-order valence-corrected chi connectivity index (χ1v) is 8.17. The number of aromatic nitrogens is 1. The van der Waals surface area contributed by atoms with E-state index in [1.54, 1.807) is 11.3 Å². The SMILES string of the molecule is CCOC(=O)C1CCc2sc(C(OCC)C(C)C)nc21. The molecule has 1 aromatic heterocycles. The highest BCUT2D eigenvalue weighted by molar-refractivity contribution is 7.11. The lowest BCUT2D eigenvalue weighted by atomic mass is 10.1. The first kappa shape index (κ1) is 15.4. The van der Waals surface area contributed by atoms with Crippen molar-refractivity contribution in [2.45, 2.75) is 52.6 Å². The van der Waals surface area contributed by atoms with Gasteiger partial charge in [0, 0.05) is 11.5 Å². The van der Waals surface area contributed by atoms with Gasteiger partial charge in [-0.05, 0) is 32.6 Å². The quantitative estimate of drug-likeness (QED) is 0.754. The summed E-state index contributed by atoms with van der Waals surface area (Å²) in [6, 6.07) is 0. The minimum atomic E-state index is -0.176. The molecule has 0 saturated carbocycles. The molecule has 2 unspecified atom stereocenters. The molecule has 0 radical (unpaired) electrons. The molecular formula is C15H23NO3S. The van der Waals surface area contributed by atoms with Crippen LogP contribution in [0.4, 0.5) is 0 Å². The number of thiazole rings is 1. The molecule has 0 N–H and O–H groups in total. The van der Waals surface area contributed by atoms with E-state index in [9.17, 15) is 4.79 Å². The number of hydrogen-bond donors (Lipinski definition) is 0. The summed E-state index contributed by atoms with van der Waals surface area (Å²) in [4.78, 5) is 17.9. The van der Waals surface area contributed by atoms with Crippen molar-refractivity contribution in [1.29, 1.82) is 0 Å². The average Bonchev–Trinajstić information content (AvgIpc) is 2.95. The van der Waals surface area contributed by atoms with E-state index in [4.69, 9.17) is 14.5 Å². The van der Waals surface area contributed by atoms with E-state index < -0.39 is 0 Å². The lowest BCUT2D eigenvalue weighted by molar-refractivity contribution is -0.145. The van der Waals surface area contributed by atoms with Gasteiger partial charge in [0.05, 0.1) is 12.3 Å². The van der Waals surface area contributed by atoms with Crippen molar-refractivity contribution in [3.05, 3.63) is 15.6 Å². The fourth-order valence-electron chi connectivity index (χ4n) is 2.57. The van der Waals surface area contributed by atoms with Crippen LogP contribution in [0.2, 0.25) is 0 Å². The lowest BCUT2D eigenvalue weighted by Crippen LogP contribution is -2.15. The molecule has 0 aromatic carbocycles. The van der Waals surface area contributed by atoms with Crippen LogP contribution in [0.5, 0.6) is 0 Å². The van der Waals surface area contributed by atoms with Gasteiger partial charge in [0.25, 0.3) is 0 Å². The number of rotatable bonds is 6. The minimum absolute atomic E-state index is 0.0263. The third kappa shape index (κ3) is 3.04. The summed E-state index contributed by atoms with van der Waals surface area (Å²) in [5, 5.41) is 1.00. The summed E-state index contributed by atoms with van der Waals surface area (Å²) in [6.07, 6.45) is 1.78. The van der Waals surface area contributed by atoms with Gasteiger partial charge < -0.3 is 9.47 Å². The molecule has 0 bridgehead atoms. The molecule has 0 amide bonds. The topological polar surface area (TPSA) is 48.4 Å². The van der Waals surface area contributed by atoms with Gasteiger partial charge in [-0.3, -0.25) is 4.79 Å². The summed E-state index contributed by atoms with van der Waals surface area (Å²) >= 11 is 1.69. The van der Waals surface area contributed by atoms with E-state index in [0.717, 1.165) is 23.5 Å². The van der Waals surface area contributed by atoms with E-state index >= 15 is 0 Å². The number of aryl methyl sites for hydroxylation is 1. The third-order valence-electron chi connectivity index (χ3n) is 3.50. The maximum Gasteiger partial charge on any atom is 0.315 e. The Morgan fingerprint density at radius 2 is 2.15 bits per heavy atom. The Kier molecular flexibility index (Phi) is 5.16. The van der Waals surface area contributed by atoms with Gasteiger partial charge >= 0.3 is 5.97 Å². The number of carbonyl (C=O) groups excluding carboxylic acids is 1. The summed E-state index contributed by atoms with van der Waals surface area (Å²) in [5.74, 6) is 0.0623. The highest BCUT2D eigenvalue weighted by Crippen LogP contribution is 2.40. The highest BCUT2D eigenvalue weighted by atomic mass is 32.1. The van der Waals surface area contributed by atoms with Crippen LogP contribution in [-0.4, -0.2) is 24.2 Å². The van der Waals surface area contributed by atoms with Crippen molar-refractivity contribution in [2.75, 3.05) is 13.2 Å². The monoisotopic (exact) mass is 297 g/mol. The molecule has 1 aliphatic carbocycles. The Labute approximate surface area is 124 Å². The molecule has 5 heteroatoms. The van der Waals surface area contributed by atoms with Crippen molar-refractivity contribution in [3.8, 4) is 0 Å². The second kappa shape index (κ2) is 6.68. The van der Waals surface area contributed by atoms with Crippen LogP contribution >= 0.6 is 11.3 Å². The summed E-state index contributed by atoms with van der Waals surface area (Å²) in [7, 11) is 0. The summed E-state index contributed by atoms with van der Waals surface area (Å²) in [6.45, 7) is 9.21. The Bertz CT molecular complexity index is 470. The van der Waals surface area contributed by atoms with Crippen molar-refractivity contribution < 1.29 is 14.3 Å². The average molecular weight is 297 g/mol. The van der Waals surface area contributed by atoms with Crippen molar-refractivity contribution in [1.82, 2.24) is 4.98 Å². The molecule has 1 heterocycles. The minimum Gasteiger partial charge on any atom is -0.465 e. The number of ether oxygens (including phenoxy) is 2. The van der Waals surface area contributed by atoms with Crippen LogP contribution in [-0.2, 0) is 20.7 Å². The largest absolute Gasteiger partial charge is 0.465 e. The van der Waals surface area contributed by atoms with E-state index in [0.29, 0.717) is 19.1 Å². The Morgan fingerprint density at radius 3 is 2.75 bits per heavy atom. The van der Waals surface area contributed by atoms with Gasteiger partial charge in [-0.25, -0.2) is 4.98 Å². The number of hydrogen-bond acceptors (Lipinski definition) is 5. The van der Waals surface area contributed by atoms with Crippen LogP contribution in [0, 0.1) is 5.92 Å². The van der Waals surface area contributed by atoms with Crippen molar-refractivity contribution in [3.63, 3.8) is 0 Å². The summed E-state index contributed by atoms with van der Waals surface area (Å²) in [5.41, 5.74) is 0.925. The van der Waals surface area contributed by atoms with Crippen LogP contribution in [0.15, 0.2) is 0 Å². The molecule has 1 aromatic rings. The fourth-order valence-corrected chi connectivity index (χ4v) is 3.93. The standard InChI is InChI=1S/C15H23NO3S/c1-5-18-13(9(3)4)14-16-12-10(15(17)19-6-2)7-8-11(12)20-14/h9-10,13H,5-8H2,1-4H3. The van der Waals surface area contributed by atoms with Gasteiger partial charge in [-0.1, -0.05) is 13.8 Å². The third-order valence-corrected chi connectivity index (χ3v) is 4.69. The molecule has 4 nitrogen and oxygen atoms in total. The van der Waals surface area contributed by atoms with E-state index in [-0.39, 0.29) is 18.0 Å². The molecule has 2 rings (SSSR count). The maximum absolute atomic E-state index is 12.0. The Morgan fingerprint density at radius 1 is 1.40 bits per heavy atom. The van der Waals surface area contributed by atoms with Gasteiger partial charge in [-0.2, -0.15) is 0 Å². The molecule has 0 fully saturated rings. The van der Waals surface area contributed by atoms with Crippen LogP contribution in [0.25, 0.3) is 0 Å². The first-order valence-electron chi connectivity index (χ1n) is 7.36. The van der Waals surface area contributed by atoms with E-state index in [1.807, 2.05) is 13.8 Å². The molecule has 112 valence electrons. The normalized spacial score (nSPS) is 19.1. The number of fused-ring (bicyclic) bond motifs is 1. The van der Waals surface area contributed by atoms with Gasteiger partial charge in [0.1, 0.15) is 17.0 Å². The maximum atomic E-state index is 12.0. The zero-order valence-corrected chi connectivity index (χ0v) is 13.5. The zero-order chi connectivity index (χ0) is 14.7. The first-order chi connectivity index (χ1) is 9.58. The molecule has 0 saturated heterocycles. The summed E-state index contributed by atoms with van der Waals surface area (Å²) < 4.78 is 10.9. The van der Waals surface area contributed by atoms with Gasteiger partial charge in [-0.15, -0.1) is 11.3 Å². The number of carbonyl (C=O) groups is 1. The predicted molar refractivity (Wildman–Crippen MR) is 79.0 cm³/mol. The Balaban J connectivity index is 2.21. The zero-order valence-electron chi connectivity index (χ0n) is 12.6. The lowest BCUT2D eigenvalue weighted by Gasteiger charge is -2.18. The van der Waals surface area contributed by atoms with Crippen LogP contribution in [0.1, 0.15) is 61.7 Å². The predicted octanol–water partition coefficient (Wildman–Crippen LogP) is 3.47. The second-order valence-corrected chi connectivity index (χ2v) is 6.44. The molecular weight excluding hydrogens is 274 g/mol. The smallest absolute Gasteiger partial charge is 0.315 e.